The van der Waals surface area contributed by atoms with E-state index in [-0.39, 0.29) is 39.4 Å². The minimum absolute atomic E-state index is 0.0627. The number of amides is 1. The van der Waals surface area contributed by atoms with Gasteiger partial charge in [-0.25, -0.2) is 9.48 Å². The number of carbonyl (C=O) groups is 2. The van der Waals surface area contributed by atoms with E-state index >= 15 is 0 Å². The van der Waals surface area contributed by atoms with Gasteiger partial charge < -0.3 is 38.8 Å². The molecule has 141 heavy (non-hydrogen) atoms. The van der Waals surface area contributed by atoms with E-state index in [4.69, 9.17) is 23.7 Å². The highest BCUT2D eigenvalue weighted by Crippen LogP contribution is 2.54. The summed E-state index contributed by atoms with van der Waals surface area (Å²) in [5.74, 6) is 1.40. The number of nitrogens with zero attached hydrogens (tertiary/aromatic N) is 7. The highest BCUT2D eigenvalue weighted by Gasteiger charge is 2.48. The number of fused-ring (bicyclic) bond motifs is 10. The van der Waals surface area contributed by atoms with Crippen molar-refractivity contribution in [3.63, 3.8) is 0 Å². The summed E-state index contributed by atoms with van der Waals surface area (Å²) in [7, 11) is -13.5. The molecule has 4 aliphatic heterocycles. The Morgan fingerprint density at radius 3 is 1.93 bits per heavy atom. The number of rotatable bonds is 48. The van der Waals surface area contributed by atoms with Crippen molar-refractivity contribution in [2.45, 2.75) is 223 Å². The van der Waals surface area contributed by atoms with Crippen LogP contribution in [0.5, 0.6) is 5.75 Å². The number of anilines is 2. The van der Waals surface area contributed by atoms with Crippen LogP contribution in [0.4, 0.5) is 27.5 Å². The molecule has 0 atom stereocenters. The molecule has 9 aromatic carbocycles. The van der Waals surface area contributed by atoms with Gasteiger partial charge in [-0.05, 0) is 243 Å². The van der Waals surface area contributed by atoms with Crippen LogP contribution in [0.25, 0.3) is 37.9 Å². The predicted octanol–water partition coefficient (Wildman–Crippen LogP) is 22.8. The number of carbonyl (C=O) groups excluding carboxylic acids is 2. The Labute approximate surface area is 831 Å². The molecule has 10 aromatic rings. The SMILES string of the molecule is CCCCC[N+]1=C(/C=C/C2=C(Oc3ccccc3)C(=C/C=C3/N(CCCCCCOC(=O)NCCOCCOCCOCCn4cc(CCC(=O)CCCCc5cccc(C(=C\C=C6\N(CCC)c7ccc8ccc(S(=O)(=O)O)cc8c7C6(C)C)/C=C/C6=[N+](CCCS(=O)(=O)O)c7ccc8c(S(=O)(=O)O)cccc8c7C6(C)C)c5)nn4)c4ccc5ccccc5c4C3(C)C)/CCC2)C(C)(C)c2ccccc21. The molecule has 0 fully saturated rings. The summed E-state index contributed by atoms with van der Waals surface area (Å²) in [6, 6.07) is 57.5. The molecule has 0 bridgehead atoms. The molecule has 5 aliphatic rings. The number of ketones is 1. The molecule has 744 valence electrons. The minimum atomic E-state index is -4.63. The van der Waals surface area contributed by atoms with E-state index in [2.05, 4.69) is 213 Å². The van der Waals surface area contributed by atoms with E-state index in [1.54, 1.807) is 28.9 Å². The van der Waals surface area contributed by atoms with E-state index < -0.39 is 53.0 Å². The molecule has 0 unspecified atom stereocenters. The maximum atomic E-state index is 13.4. The minimum Gasteiger partial charge on any atom is -0.457 e. The molecular weight excluding hydrogens is 1830 g/mol. The number of para-hydroxylation sites is 2. The van der Waals surface area contributed by atoms with E-state index in [9.17, 15) is 48.5 Å². The molecule has 0 spiro atoms. The first-order valence-corrected chi connectivity index (χ1v) is 54.4. The normalized spacial score (nSPS) is 17.0. The first-order chi connectivity index (χ1) is 67.6. The van der Waals surface area contributed by atoms with Crippen LogP contribution in [0, 0.1) is 0 Å². The zero-order chi connectivity index (χ0) is 99.9. The van der Waals surface area contributed by atoms with Gasteiger partial charge in [-0.2, -0.15) is 34.4 Å². The van der Waals surface area contributed by atoms with Crippen LogP contribution in [0.2, 0.25) is 0 Å². The standard InChI is InChI=1S/C114H134N8O16S3/c1-11-13-25-66-120-97-44-24-23-43-96(97)111(3,4)102(120)62-51-85-35-29-36-86(109(85)138-90-39-17-16-18-40-90)52-63-105-112(5,6)106-92-41-22-20-34-83(92)47-57-98(106)121(105)67-26-14-15-27-70-137-110(124)115-64-71-134-73-75-136-76-74-135-72-69-118-80-88(116-117-118)53-54-89(123)38-21-19-32-81-33-28-37-87(78-81)82(49-60-103-114(9,10)108-95-79-91(140(128,129)130)55-46-84(95)48-58-99(108)119(103)65-12-2)50-61-104-113(7,8)107-94-42-30-45-101(141(131,132)133)93(94)56-59-100(107)122(104)68-31-77-139(125,126)127/h16-18,20,22-24,28,30,33-34,37,39-52,55-63,78-80H,11-15,19,21,25-27,29,31-32,35-36,38,53-54,64-77H2,1-10H3,(H2-2,115,124,125,126,127,128,129,130,131,132,133)/p+2. The molecule has 0 saturated carbocycles. The lowest BCUT2D eigenvalue weighted by Crippen LogP contribution is -2.28. The van der Waals surface area contributed by atoms with Crippen LogP contribution in [0.3, 0.4) is 0 Å². The largest absolute Gasteiger partial charge is 0.457 e. The number of hydrogen-bond donors (Lipinski definition) is 4. The molecular formula is C114H136N8O16S3+2. The second-order valence-electron chi connectivity index (χ2n) is 39.5. The molecule has 0 radical (unpaired) electrons. The van der Waals surface area contributed by atoms with Crippen molar-refractivity contribution in [3.05, 3.63) is 298 Å². The second-order valence-corrected chi connectivity index (χ2v) is 43.8. The Morgan fingerprint density at radius 2 is 1.18 bits per heavy atom. The average Bonchev–Trinajstić information content (AvgIpc) is 1.49. The number of benzene rings is 9. The fraction of sp³-hybridized carbons (Fsp3) is 0.404. The Kier molecular flexibility index (Phi) is 33.6. The van der Waals surface area contributed by atoms with E-state index in [1.165, 1.54) is 86.9 Å². The van der Waals surface area contributed by atoms with E-state index in [0.717, 1.165) is 139 Å². The summed E-state index contributed by atoms with van der Waals surface area (Å²) in [6.07, 6.45) is 33.1. The van der Waals surface area contributed by atoms with Crippen molar-refractivity contribution in [2.75, 3.05) is 94.5 Å². The molecule has 1 amide bonds. The quantitative estimate of drug-likeness (QED) is 0.0119. The lowest BCUT2D eigenvalue weighted by molar-refractivity contribution is -0.438. The summed E-state index contributed by atoms with van der Waals surface area (Å²) in [5.41, 5.74) is 16.8. The van der Waals surface area contributed by atoms with Crippen LogP contribution in [-0.2, 0) is 95.1 Å². The maximum absolute atomic E-state index is 13.4. The molecule has 27 heteroatoms. The molecule has 1 aromatic heterocycles. The third kappa shape index (κ3) is 24.5. The van der Waals surface area contributed by atoms with Crippen molar-refractivity contribution in [1.29, 1.82) is 0 Å². The van der Waals surface area contributed by atoms with Gasteiger partial charge in [0.25, 0.3) is 30.4 Å². The summed E-state index contributed by atoms with van der Waals surface area (Å²) < 4.78 is 142. The van der Waals surface area contributed by atoms with Crippen LogP contribution in [0.1, 0.15) is 211 Å². The summed E-state index contributed by atoms with van der Waals surface area (Å²) in [6.45, 7) is 28.0. The highest BCUT2D eigenvalue weighted by atomic mass is 32.2. The van der Waals surface area contributed by atoms with Crippen molar-refractivity contribution in [2.24, 2.45) is 0 Å². The number of unbranched alkanes of at least 4 members (excludes halogenated alkanes) is 6. The van der Waals surface area contributed by atoms with Crippen LogP contribution in [0.15, 0.2) is 269 Å². The molecule has 15 rings (SSSR count). The van der Waals surface area contributed by atoms with Gasteiger partial charge >= 0.3 is 6.09 Å². The fourth-order valence-corrected chi connectivity index (χ4v) is 22.8. The summed E-state index contributed by atoms with van der Waals surface area (Å²) in [4.78, 5) is 30.5. The van der Waals surface area contributed by atoms with Gasteiger partial charge in [-0.15, -0.1) is 5.10 Å². The molecule has 1 aliphatic carbocycles. The van der Waals surface area contributed by atoms with Crippen molar-refractivity contribution in [3.8, 4) is 5.75 Å². The zero-order valence-electron chi connectivity index (χ0n) is 83.1. The lowest BCUT2D eigenvalue weighted by atomic mass is 9.79. The highest BCUT2D eigenvalue weighted by molar-refractivity contribution is 7.86. The topological polar surface area (TPSA) is 299 Å². The number of aryl methyl sites for hydroxylation is 2. The van der Waals surface area contributed by atoms with Gasteiger partial charge in [0.2, 0.25) is 11.4 Å². The smallest absolute Gasteiger partial charge is 0.407 e. The average molecular weight is 1970 g/mol. The van der Waals surface area contributed by atoms with Gasteiger partial charge in [-0.3, -0.25) is 18.5 Å². The third-order valence-electron chi connectivity index (χ3n) is 28.1. The molecule has 0 saturated heterocycles. The number of nitrogens with one attached hydrogen (secondary N) is 1. The fourth-order valence-electron chi connectivity index (χ4n) is 21.1. The van der Waals surface area contributed by atoms with Crippen molar-refractivity contribution >= 4 is 114 Å². The predicted molar refractivity (Wildman–Crippen MR) is 561 cm³/mol. The third-order valence-corrected chi connectivity index (χ3v) is 30.7. The van der Waals surface area contributed by atoms with Crippen molar-refractivity contribution in [1.82, 2.24) is 20.3 Å². The molecule has 4 N–H and O–H groups in total. The second kappa shape index (κ2) is 45.7. The van der Waals surface area contributed by atoms with Gasteiger partial charge in [0.05, 0.1) is 80.0 Å². The first-order valence-electron chi connectivity index (χ1n) is 50.0. The van der Waals surface area contributed by atoms with Crippen LogP contribution >= 0.6 is 0 Å². The Hall–Kier alpha value is -11.6. The Morgan fingerprint density at radius 1 is 0.511 bits per heavy atom. The number of ether oxygens (including phenoxy) is 5. The van der Waals surface area contributed by atoms with E-state index in [0.29, 0.717) is 126 Å². The maximum Gasteiger partial charge on any atom is 0.407 e. The number of allylic oxidation sites excluding steroid dienone is 13. The molecule has 24 nitrogen and oxygen atoms in total. The van der Waals surface area contributed by atoms with Gasteiger partial charge in [0, 0.05) is 126 Å². The number of Topliss-reactive ketones (excluding diaryl/α,β-unsaturated/α-hetero) is 1. The first kappa shape index (κ1) is 104. The Bertz CT molecular complexity index is 6960. The summed E-state index contributed by atoms with van der Waals surface area (Å²) in [5, 5.41) is 16.4. The molecule has 5 heterocycles. The monoisotopic (exact) mass is 1970 g/mol. The number of alkyl carbamates (subject to hydrolysis) is 1. The van der Waals surface area contributed by atoms with Crippen molar-refractivity contribution < 1.29 is 81.3 Å². The van der Waals surface area contributed by atoms with Gasteiger partial charge in [0.1, 0.15) is 35.3 Å². The van der Waals surface area contributed by atoms with E-state index in [1.807, 2.05) is 79.2 Å². The lowest BCUT2D eigenvalue weighted by Gasteiger charge is -2.28. The van der Waals surface area contributed by atoms with Crippen LogP contribution < -0.4 is 19.9 Å². The van der Waals surface area contributed by atoms with Gasteiger partial charge in [0.15, 0.2) is 11.4 Å². The Balaban J connectivity index is 0.484. The summed E-state index contributed by atoms with van der Waals surface area (Å²) >= 11 is 0. The van der Waals surface area contributed by atoms with Gasteiger partial charge in [-0.1, -0.05) is 187 Å². The number of aromatic nitrogens is 3. The zero-order valence-corrected chi connectivity index (χ0v) is 85.5. The van der Waals surface area contributed by atoms with Crippen LogP contribution in [-0.4, -0.2) is 171 Å². The number of hydrogen-bond acceptors (Lipinski definition) is 17.